The van der Waals surface area contributed by atoms with Crippen molar-refractivity contribution in [1.82, 2.24) is 9.88 Å². The van der Waals surface area contributed by atoms with Crippen LogP contribution in [0.3, 0.4) is 0 Å². The molecule has 2 heterocycles. The summed E-state index contributed by atoms with van der Waals surface area (Å²) in [7, 11) is 0. The minimum absolute atomic E-state index is 0.240. The van der Waals surface area contributed by atoms with Gasteiger partial charge >= 0.3 is 0 Å². The molecular weight excluding hydrogens is 292 g/mol. The molecule has 0 unspecified atom stereocenters. The zero-order chi connectivity index (χ0) is 16.4. The third-order valence-corrected chi connectivity index (χ3v) is 3.72. The van der Waals surface area contributed by atoms with Gasteiger partial charge in [-0.1, -0.05) is 18.2 Å². The van der Waals surface area contributed by atoms with Gasteiger partial charge < -0.3 is 5.32 Å². The van der Waals surface area contributed by atoms with Crippen LogP contribution < -0.4 is 5.32 Å². The molecule has 0 fully saturated rings. The van der Waals surface area contributed by atoms with Crippen LogP contribution in [0.2, 0.25) is 0 Å². The van der Waals surface area contributed by atoms with Gasteiger partial charge in [0.05, 0.1) is 11.1 Å². The van der Waals surface area contributed by atoms with Gasteiger partial charge in [-0.25, -0.2) is 4.98 Å². The number of anilines is 1. The predicted molar refractivity (Wildman–Crippen MR) is 84.0 cm³/mol. The van der Waals surface area contributed by atoms with Crippen molar-refractivity contribution in [2.45, 2.75) is 6.92 Å². The Hall–Kier alpha value is -3.20. The van der Waals surface area contributed by atoms with Crippen LogP contribution in [-0.2, 0) is 0 Å². The molecule has 1 N–H and O–H groups in total. The molecule has 0 radical (unpaired) electrons. The standard InChI is InChI=1S/C17H14N4O2/c1-11-6-7-15(20-14(11)10-18)19-8-9-21-16(22)12-4-2-3-5-13(12)17(21)23/h2-7H,8-9H2,1H3,(H,19,20). The Morgan fingerprint density at radius 2 is 1.78 bits per heavy atom. The number of benzene rings is 1. The fraction of sp³-hybridized carbons (Fsp3) is 0.176. The summed E-state index contributed by atoms with van der Waals surface area (Å²) in [5, 5.41) is 12.0. The topological polar surface area (TPSA) is 86.1 Å². The Labute approximate surface area is 133 Å². The molecule has 1 aliphatic rings. The van der Waals surface area contributed by atoms with Crippen molar-refractivity contribution in [2.24, 2.45) is 0 Å². The zero-order valence-corrected chi connectivity index (χ0v) is 12.5. The molecule has 1 aliphatic heterocycles. The van der Waals surface area contributed by atoms with Crippen molar-refractivity contribution < 1.29 is 9.59 Å². The highest BCUT2D eigenvalue weighted by molar-refractivity contribution is 6.21. The molecule has 0 atom stereocenters. The molecule has 0 spiro atoms. The maximum atomic E-state index is 12.2. The van der Waals surface area contributed by atoms with E-state index in [1.165, 1.54) is 4.90 Å². The molecule has 1 aromatic heterocycles. The van der Waals surface area contributed by atoms with Crippen molar-refractivity contribution >= 4 is 17.6 Å². The average molecular weight is 306 g/mol. The van der Waals surface area contributed by atoms with Gasteiger partial charge in [0.2, 0.25) is 0 Å². The van der Waals surface area contributed by atoms with E-state index in [9.17, 15) is 9.59 Å². The lowest BCUT2D eigenvalue weighted by Crippen LogP contribution is -2.34. The Bertz CT molecular complexity index is 804. The van der Waals surface area contributed by atoms with Crippen LogP contribution >= 0.6 is 0 Å². The van der Waals surface area contributed by atoms with E-state index in [0.717, 1.165) is 5.56 Å². The summed E-state index contributed by atoms with van der Waals surface area (Å²) in [6, 6.07) is 12.4. The van der Waals surface area contributed by atoms with E-state index in [1.807, 2.05) is 13.0 Å². The van der Waals surface area contributed by atoms with Gasteiger partial charge in [-0.15, -0.1) is 0 Å². The second kappa shape index (κ2) is 5.89. The zero-order valence-electron chi connectivity index (χ0n) is 12.5. The lowest BCUT2D eigenvalue weighted by atomic mass is 10.1. The van der Waals surface area contributed by atoms with Crippen LogP contribution in [0.4, 0.5) is 5.82 Å². The molecule has 3 rings (SSSR count). The van der Waals surface area contributed by atoms with Crippen molar-refractivity contribution in [1.29, 1.82) is 5.26 Å². The molecule has 2 aromatic rings. The number of amides is 2. The molecule has 6 nitrogen and oxygen atoms in total. The number of pyridine rings is 1. The van der Waals surface area contributed by atoms with E-state index >= 15 is 0 Å². The van der Waals surface area contributed by atoms with Gasteiger partial charge in [-0.2, -0.15) is 5.26 Å². The lowest BCUT2D eigenvalue weighted by Gasteiger charge is -2.14. The number of carbonyl (C=O) groups excluding carboxylic acids is 2. The average Bonchev–Trinajstić information content (AvgIpc) is 2.81. The number of rotatable bonds is 4. The maximum absolute atomic E-state index is 12.2. The first-order valence-corrected chi connectivity index (χ1v) is 7.18. The van der Waals surface area contributed by atoms with E-state index < -0.39 is 0 Å². The Morgan fingerprint density at radius 1 is 1.13 bits per heavy atom. The number of carbonyl (C=O) groups is 2. The van der Waals surface area contributed by atoms with Crippen LogP contribution in [-0.4, -0.2) is 34.8 Å². The van der Waals surface area contributed by atoms with Crippen LogP contribution in [0.25, 0.3) is 0 Å². The van der Waals surface area contributed by atoms with E-state index in [1.54, 1.807) is 36.4 Å². The number of nitrogens with zero attached hydrogens (tertiary/aromatic N) is 3. The summed E-state index contributed by atoms with van der Waals surface area (Å²) in [5.41, 5.74) is 2.05. The van der Waals surface area contributed by atoms with E-state index in [2.05, 4.69) is 10.3 Å². The molecule has 0 saturated heterocycles. The van der Waals surface area contributed by atoms with Gasteiger partial charge in [-0.3, -0.25) is 14.5 Å². The van der Waals surface area contributed by atoms with Crippen LogP contribution in [0.5, 0.6) is 0 Å². The lowest BCUT2D eigenvalue weighted by molar-refractivity contribution is 0.0660. The Balaban J connectivity index is 1.65. The number of aryl methyl sites for hydroxylation is 1. The number of hydrogen-bond donors (Lipinski definition) is 1. The number of nitrogens with one attached hydrogen (secondary N) is 1. The first-order chi connectivity index (χ1) is 11.1. The quantitative estimate of drug-likeness (QED) is 0.873. The number of nitriles is 1. The molecule has 0 saturated carbocycles. The van der Waals surface area contributed by atoms with Crippen LogP contribution in [0, 0.1) is 18.3 Å². The second-order valence-electron chi connectivity index (χ2n) is 5.21. The van der Waals surface area contributed by atoms with E-state index in [4.69, 9.17) is 5.26 Å². The van der Waals surface area contributed by atoms with Crippen LogP contribution in [0.1, 0.15) is 32.0 Å². The summed E-state index contributed by atoms with van der Waals surface area (Å²) in [6.45, 7) is 2.42. The van der Waals surface area contributed by atoms with Crippen molar-refractivity contribution in [3.05, 3.63) is 58.8 Å². The largest absolute Gasteiger partial charge is 0.368 e. The summed E-state index contributed by atoms with van der Waals surface area (Å²) in [6.07, 6.45) is 0. The van der Waals surface area contributed by atoms with Crippen molar-refractivity contribution in [2.75, 3.05) is 18.4 Å². The van der Waals surface area contributed by atoms with Gasteiger partial charge in [-0.05, 0) is 30.7 Å². The smallest absolute Gasteiger partial charge is 0.261 e. The highest BCUT2D eigenvalue weighted by Gasteiger charge is 2.34. The highest BCUT2D eigenvalue weighted by atomic mass is 16.2. The molecule has 6 heteroatoms. The number of aromatic nitrogens is 1. The highest BCUT2D eigenvalue weighted by Crippen LogP contribution is 2.22. The summed E-state index contributed by atoms with van der Waals surface area (Å²) < 4.78 is 0. The SMILES string of the molecule is Cc1ccc(NCCN2C(=O)c3ccccc3C2=O)nc1C#N. The molecule has 1 aromatic carbocycles. The number of fused-ring (bicyclic) bond motifs is 1. The molecule has 114 valence electrons. The summed E-state index contributed by atoms with van der Waals surface area (Å²) in [4.78, 5) is 29.8. The minimum atomic E-state index is -0.276. The van der Waals surface area contributed by atoms with E-state index in [0.29, 0.717) is 29.2 Å². The molecule has 0 aliphatic carbocycles. The fourth-order valence-electron chi connectivity index (χ4n) is 2.48. The van der Waals surface area contributed by atoms with Crippen molar-refractivity contribution in [3.63, 3.8) is 0 Å². The third kappa shape index (κ3) is 2.64. The van der Waals surface area contributed by atoms with Crippen LogP contribution in [0.15, 0.2) is 36.4 Å². The fourth-order valence-corrected chi connectivity index (χ4v) is 2.48. The summed E-state index contributed by atoms with van der Waals surface area (Å²) >= 11 is 0. The first-order valence-electron chi connectivity index (χ1n) is 7.18. The molecule has 2 amide bonds. The monoisotopic (exact) mass is 306 g/mol. The Morgan fingerprint density at radius 3 is 2.39 bits per heavy atom. The second-order valence-corrected chi connectivity index (χ2v) is 5.21. The number of imide groups is 1. The van der Waals surface area contributed by atoms with Crippen molar-refractivity contribution in [3.8, 4) is 6.07 Å². The normalized spacial score (nSPS) is 13.0. The predicted octanol–water partition coefficient (Wildman–Crippen LogP) is 1.97. The number of hydrogen-bond acceptors (Lipinski definition) is 5. The minimum Gasteiger partial charge on any atom is -0.368 e. The molecular formula is C17H14N4O2. The van der Waals surface area contributed by atoms with E-state index in [-0.39, 0.29) is 18.4 Å². The van der Waals surface area contributed by atoms with Gasteiger partial charge in [0.15, 0.2) is 0 Å². The molecule has 23 heavy (non-hydrogen) atoms. The van der Waals surface area contributed by atoms with Gasteiger partial charge in [0.25, 0.3) is 11.8 Å². The first kappa shape index (κ1) is 14.7. The van der Waals surface area contributed by atoms with Gasteiger partial charge in [0, 0.05) is 13.1 Å². The molecule has 0 bridgehead atoms. The summed E-state index contributed by atoms with van der Waals surface area (Å²) in [5.74, 6) is -0.00674. The van der Waals surface area contributed by atoms with Gasteiger partial charge in [0.1, 0.15) is 17.6 Å². The Kier molecular flexibility index (Phi) is 3.77. The maximum Gasteiger partial charge on any atom is 0.261 e. The third-order valence-electron chi connectivity index (χ3n) is 3.72.